The molecule has 61 heavy (non-hydrogen) atoms. The van der Waals surface area contributed by atoms with E-state index in [0.717, 1.165) is 0 Å². The van der Waals surface area contributed by atoms with Gasteiger partial charge in [-0.3, -0.25) is 19.2 Å². The summed E-state index contributed by atoms with van der Waals surface area (Å²) in [4.78, 5) is 65.6. The largest absolute Gasteiger partial charge is 0.352 e. The lowest BCUT2D eigenvalue weighted by atomic mass is 9.85. The molecule has 13 nitrogen and oxygen atoms in total. The van der Waals surface area contributed by atoms with E-state index in [-0.39, 0.29) is 62.1 Å². The van der Waals surface area contributed by atoms with E-state index in [1.54, 1.807) is 44.6 Å². The van der Waals surface area contributed by atoms with Crippen molar-refractivity contribution < 1.29 is 36.7 Å². The van der Waals surface area contributed by atoms with Crippen molar-refractivity contribution in [1.82, 2.24) is 45.6 Å². The second kappa shape index (κ2) is 18.5. The molecule has 2 fully saturated rings. The highest BCUT2D eigenvalue weighted by atomic mass is 19.1. The number of hydrogen-bond acceptors (Lipinski definition) is 7. The topological polar surface area (TPSA) is 156 Å². The number of nitrogens with zero attached hydrogens (tertiary/aromatic N) is 4. The molecular formula is C44H59F4N9O4. The average molecular weight is 854 g/mol. The van der Waals surface area contributed by atoms with E-state index in [0.29, 0.717) is 40.5 Å². The average Bonchev–Trinajstić information content (AvgIpc) is 3.97. The van der Waals surface area contributed by atoms with Crippen molar-refractivity contribution >= 4 is 45.6 Å². The third-order valence-electron chi connectivity index (χ3n) is 12.2. The van der Waals surface area contributed by atoms with Gasteiger partial charge in [0.1, 0.15) is 36.1 Å². The van der Waals surface area contributed by atoms with Crippen LogP contribution in [0.1, 0.15) is 72.8 Å². The Bertz CT molecular complexity index is 2260. The standard InChI is InChI=1S/C44H59F4N9O4/c1-9-10-33(53-40(58)23(2)49-7)42(60)56-21-28(48)16-30(56)22-57-36-14-12-26(46)18-35(36)52-39(57)37-32(31-13-11-25(45)17-34(31)51-37)19-29-15-27(47)20-55(29)43(61)38(44(4,5)6)54-41(59)24(3)50-8/h11-14,17-18,23-24,27-30,33,38,49-51H,9-10,15-16,19-22H2,1-8H3,(H,53,58)(H,54,59)/t23-,24-,27-,28-,29-,30-,33?,38+/m0/s1. The van der Waals surface area contributed by atoms with Gasteiger partial charge in [0.15, 0.2) is 5.82 Å². The first-order valence-electron chi connectivity index (χ1n) is 21.2. The van der Waals surface area contributed by atoms with E-state index in [2.05, 4.69) is 26.3 Å². The molecule has 2 aromatic heterocycles. The molecule has 2 aliphatic rings. The summed E-state index contributed by atoms with van der Waals surface area (Å²) in [7, 11) is 3.27. The monoisotopic (exact) mass is 853 g/mol. The number of amides is 4. The van der Waals surface area contributed by atoms with Gasteiger partial charge >= 0.3 is 0 Å². The molecule has 8 atom stereocenters. The molecule has 0 saturated carbocycles. The van der Waals surface area contributed by atoms with E-state index in [1.807, 2.05) is 27.7 Å². The summed E-state index contributed by atoms with van der Waals surface area (Å²) in [5.41, 5.74) is 1.43. The van der Waals surface area contributed by atoms with Crippen LogP contribution in [0.4, 0.5) is 17.6 Å². The predicted molar refractivity (Wildman–Crippen MR) is 226 cm³/mol. The summed E-state index contributed by atoms with van der Waals surface area (Å²) in [5.74, 6) is -2.37. The number of aromatic nitrogens is 3. The van der Waals surface area contributed by atoms with Crippen LogP contribution in [0.25, 0.3) is 33.5 Å². The molecule has 0 spiro atoms. The van der Waals surface area contributed by atoms with Gasteiger partial charge in [0, 0.05) is 42.4 Å². The van der Waals surface area contributed by atoms with Crippen LogP contribution in [0.2, 0.25) is 0 Å². The van der Waals surface area contributed by atoms with E-state index in [4.69, 9.17) is 4.98 Å². The summed E-state index contributed by atoms with van der Waals surface area (Å²) >= 11 is 0. The Kier molecular flexibility index (Phi) is 13.8. The number of fused-ring (bicyclic) bond motifs is 2. The van der Waals surface area contributed by atoms with Gasteiger partial charge in [-0.2, -0.15) is 0 Å². The summed E-state index contributed by atoms with van der Waals surface area (Å²) < 4.78 is 62.5. The Labute approximate surface area is 353 Å². The van der Waals surface area contributed by atoms with Crippen LogP contribution < -0.4 is 21.3 Å². The number of likely N-dealkylation sites (tertiary alicyclic amines) is 2. The molecule has 1 unspecified atom stereocenters. The smallest absolute Gasteiger partial charge is 0.246 e. The summed E-state index contributed by atoms with van der Waals surface area (Å²) in [6.45, 7) is 10.4. The summed E-state index contributed by atoms with van der Waals surface area (Å²) in [6, 6.07) is 3.92. The highest BCUT2D eigenvalue weighted by molar-refractivity contribution is 5.93. The van der Waals surface area contributed by atoms with Crippen molar-refractivity contribution in [3.8, 4) is 11.5 Å². The molecule has 2 aromatic carbocycles. The van der Waals surface area contributed by atoms with Crippen molar-refractivity contribution in [2.45, 2.75) is 129 Å². The number of nitrogens with one attached hydrogen (secondary N) is 5. The quantitative estimate of drug-likeness (QED) is 0.107. The molecule has 0 aliphatic carbocycles. The number of H-pyrrole nitrogens is 1. The third kappa shape index (κ3) is 9.72. The number of carbonyl (C=O) groups is 4. The van der Waals surface area contributed by atoms with Gasteiger partial charge in [-0.15, -0.1) is 0 Å². The molecule has 17 heteroatoms. The van der Waals surface area contributed by atoms with Crippen molar-refractivity contribution in [3.05, 3.63) is 53.6 Å². The van der Waals surface area contributed by atoms with Gasteiger partial charge in [0.2, 0.25) is 23.6 Å². The minimum Gasteiger partial charge on any atom is -0.352 e. The van der Waals surface area contributed by atoms with Crippen molar-refractivity contribution in [3.63, 3.8) is 0 Å². The minimum absolute atomic E-state index is 0.00199. The first-order valence-corrected chi connectivity index (χ1v) is 21.2. The second-order valence-electron chi connectivity index (χ2n) is 17.7. The maximum atomic E-state index is 15.6. The van der Waals surface area contributed by atoms with Crippen LogP contribution in [0.5, 0.6) is 0 Å². The summed E-state index contributed by atoms with van der Waals surface area (Å²) in [6.07, 6.45) is -1.69. The third-order valence-corrected chi connectivity index (χ3v) is 12.2. The molecule has 0 radical (unpaired) electrons. The number of aromatic amines is 1. The molecule has 4 heterocycles. The SMILES string of the molecule is CCCC(NC(=O)[C@H](C)NC)C(=O)N1C[C@@H](F)C[C@H]1Cn1c(-c2[nH]c3cc(F)ccc3c2C[C@@H]2C[C@H](F)CN2C(=O)[C@@H](NC(=O)[C@H](C)NC)C(C)(C)C)nc2cc(F)ccc21. The zero-order valence-electron chi connectivity index (χ0n) is 36.2. The zero-order valence-corrected chi connectivity index (χ0v) is 36.2. The Morgan fingerprint density at radius 1 is 0.852 bits per heavy atom. The molecular weight excluding hydrogens is 795 g/mol. The van der Waals surface area contributed by atoms with Crippen molar-refractivity contribution in [2.24, 2.45) is 5.41 Å². The molecule has 4 aromatic rings. The number of likely N-dealkylation sites (N-methyl/N-ethyl adjacent to an activating group) is 2. The van der Waals surface area contributed by atoms with Gasteiger partial charge in [-0.25, -0.2) is 22.5 Å². The maximum Gasteiger partial charge on any atom is 0.246 e. The Balaban J connectivity index is 1.42. The van der Waals surface area contributed by atoms with Crippen LogP contribution >= 0.6 is 0 Å². The Morgan fingerprint density at radius 3 is 2.07 bits per heavy atom. The predicted octanol–water partition coefficient (Wildman–Crippen LogP) is 4.91. The Morgan fingerprint density at radius 2 is 1.44 bits per heavy atom. The fourth-order valence-electron chi connectivity index (χ4n) is 8.57. The molecule has 2 saturated heterocycles. The number of halogens is 4. The zero-order chi connectivity index (χ0) is 44.5. The van der Waals surface area contributed by atoms with Gasteiger partial charge in [-0.05, 0) is 82.1 Å². The number of carbonyl (C=O) groups excluding carboxylic acids is 4. The number of alkyl halides is 2. The highest BCUT2D eigenvalue weighted by Gasteiger charge is 2.44. The Hall–Kier alpha value is -5.03. The molecule has 4 amide bonds. The normalized spacial score (nSPS) is 21.5. The van der Waals surface area contributed by atoms with Gasteiger partial charge < -0.3 is 40.6 Å². The summed E-state index contributed by atoms with van der Waals surface area (Å²) in [5, 5.41) is 12.0. The van der Waals surface area contributed by atoms with Crippen LogP contribution in [-0.2, 0) is 32.1 Å². The first-order chi connectivity index (χ1) is 28.8. The lowest BCUT2D eigenvalue weighted by molar-refractivity contribution is -0.140. The first kappa shape index (κ1) is 45.5. The van der Waals surface area contributed by atoms with Crippen LogP contribution in [0.15, 0.2) is 36.4 Å². The van der Waals surface area contributed by atoms with Crippen LogP contribution in [-0.4, -0.2) is 124 Å². The number of hydrogen-bond donors (Lipinski definition) is 5. The molecule has 2 aliphatic heterocycles. The van der Waals surface area contributed by atoms with E-state index >= 15 is 8.78 Å². The molecule has 332 valence electrons. The van der Waals surface area contributed by atoms with E-state index < -0.39 is 77.5 Å². The molecule has 5 N–H and O–H groups in total. The van der Waals surface area contributed by atoms with Gasteiger partial charge in [-0.1, -0.05) is 34.1 Å². The maximum absolute atomic E-state index is 15.6. The number of benzene rings is 2. The molecule has 0 bridgehead atoms. The lowest BCUT2D eigenvalue weighted by Gasteiger charge is -2.36. The van der Waals surface area contributed by atoms with E-state index in [1.165, 1.54) is 34.1 Å². The van der Waals surface area contributed by atoms with Gasteiger partial charge in [0.25, 0.3) is 0 Å². The van der Waals surface area contributed by atoms with Gasteiger partial charge in [0.05, 0.1) is 47.9 Å². The fraction of sp³-hybridized carbons (Fsp3) is 0.568. The van der Waals surface area contributed by atoms with Crippen molar-refractivity contribution in [2.75, 3.05) is 27.2 Å². The number of rotatable bonds is 15. The lowest BCUT2D eigenvalue weighted by Crippen LogP contribution is -2.58. The molecule has 6 rings (SSSR count). The second-order valence-corrected chi connectivity index (χ2v) is 17.7. The van der Waals surface area contributed by atoms with Crippen LogP contribution in [0.3, 0.4) is 0 Å². The van der Waals surface area contributed by atoms with E-state index in [9.17, 15) is 28.0 Å². The fourth-order valence-corrected chi connectivity index (χ4v) is 8.57. The highest BCUT2D eigenvalue weighted by Crippen LogP contribution is 2.38. The van der Waals surface area contributed by atoms with Crippen LogP contribution in [0, 0.1) is 17.0 Å². The minimum atomic E-state index is -1.36. The number of imidazole rings is 1. The van der Waals surface area contributed by atoms with Crippen molar-refractivity contribution in [1.29, 1.82) is 0 Å².